The molecule has 0 spiro atoms. The molecule has 0 unspecified atom stereocenters. The van der Waals surface area contributed by atoms with Crippen LogP contribution in [0.4, 0.5) is 0 Å². The molecule has 0 heterocycles. The minimum absolute atomic E-state index is 0.183. The van der Waals surface area contributed by atoms with Gasteiger partial charge in [-0.15, -0.1) is 0 Å². The monoisotopic (exact) mass is 244 g/mol. The Morgan fingerprint density at radius 3 is 2.06 bits per heavy atom. The van der Waals surface area contributed by atoms with Crippen LogP contribution in [0.5, 0.6) is 5.75 Å². The number of rotatable bonds is 4. The van der Waals surface area contributed by atoms with E-state index in [1.807, 2.05) is 0 Å². The molecule has 7 heteroatoms. The van der Waals surface area contributed by atoms with Gasteiger partial charge in [-0.05, 0) is 38.1 Å². The summed E-state index contributed by atoms with van der Waals surface area (Å²) in [6.07, 6.45) is 0. The second-order valence-corrected chi connectivity index (χ2v) is 6.01. The van der Waals surface area contributed by atoms with Crippen molar-refractivity contribution in [3.05, 3.63) is 24.3 Å². The lowest BCUT2D eigenvalue weighted by Crippen LogP contribution is -2.20. The molecule has 1 rings (SSSR count). The fraction of sp³-hybridized carbons (Fsp3) is 0.333. The second kappa shape index (κ2) is 4.86. The topological polar surface area (TPSA) is 83.8 Å². The quantitative estimate of drug-likeness (QED) is 0.740. The molecule has 0 aliphatic heterocycles. The molecule has 0 fully saturated rings. The molecule has 0 amide bonds. The number of hydrogen-bond donors (Lipinski definition) is 2. The summed E-state index contributed by atoms with van der Waals surface area (Å²) >= 11 is 0. The Labute approximate surface area is 94.8 Å². The van der Waals surface area contributed by atoms with Crippen LogP contribution in [0.3, 0.4) is 0 Å². The lowest BCUT2D eigenvalue weighted by atomic mass is 10.2. The Balaban J connectivity index is 2.96. The summed E-state index contributed by atoms with van der Waals surface area (Å²) in [4.78, 5) is 0.183. The highest BCUT2D eigenvalue weighted by molar-refractivity contribution is 7.92. The molecule has 0 aliphatic carbocycles. The van der Waals surface area contributed by atoms with Crippen LogP contribution >= 0.6 is 0 Å². The highest BCUT2D eigenvalue weighted by Gasteiger charge is 2.19. The second-order valence-electron chi connectivity index (χ2n) is 3.51. The van der Waals surface area contributed by atoms with Gasteiger partial charge >= 0.3 is 7.32 Å². The first kappa shape index (κ1) is 13.0. The summed E-state index contributed by atoms with van der Waals surface area (Å²) < 4.78 is 28.0. The minimum atomic E-state index is -3.30. The molecule has 88 valence electrons. The Hall–Kier alpha value is -1.05. The third kappa shape index (κ3) is 2.97. The van der Waals surface area contributed by atoms with E-state index in [0.717, 1.165) is 0 Å². The van der Waals surface area contributed by atoms with Crippen LogP contribution in [0.15, 0.2) is 29.2 Å². The predicted molar refractivity (Wildman–Crippen MR) is 59.6 cm³/mol. The first-order valence-corrected chi connectivity index (χ1v) is 6.25. The molecular weight excluding hydrogens is 231 g/mol. The molecule has 0 atom stereocenters. The number of benzene rings is 1. The van der Waals surface area contributed by atoms with Crippen LogP contribution < -0.4 is 4.65 Å². The van der Waals surface area contributed by atoms with E-state index < -0.39 is 22.4 Å². The summed E-state index contributed by atoms with van der Waals surface area (Å²) in [7, 11) is -5.21. The van der Waals surface area contributed by atoms with Crippen molar-refractivity contribution in [2.24, 2.45) is 0 Å². The minimum Gasteiger partial charge on any atom is -0.512 e. The van der Waals surface area contributed by atoms with Gasteiger partial charge in [0, 0.05) is 0 Å². The van der Waals surface area contributed by atoms with Crippen LogP contribution in [0.1, 0.15) is 13.8 Å². The van der Waals surface area contributed by atoms with Gasteiger partial charge in [0.1, 0.15) is 5.75 Å². The van der Waals surface area contributed by atoms with E-state index in [4.69, 9.17) is 10.0 Å². The van der Waals surface area contributed by atoms with Crippen molar-refractivity contribution in [2.45, 2.75) is 24.0 Å². The standard InChI is InChI=1S/C9H13BO5S/c1-7(2)16(13,14)9-5-3-8(4-6-9)15-10(11)12/h3-7,11-12H,1-2H3. The lowest BCUT2D eigenvalue weighted by molar-refractivity contribution is 0.288. The highest BCUT2D eigenvalue weighted by atomic mass is 32.2. The van der Waals surface area contributed by atoms with Crippen molar-refractivity contribution in [3.8, 4) is 5.75 Å². The van der Waals surface area contributed by atoms with Crippen molar-refractivity contribution < 1.29 is 23.1 Å². The zero-order valence-electron chi connectivity index (χ0n) is 8.99. The SMILES string of the molecule is CC(C)S(=O)(=O)c1ccc(OB(O)O)cc1. The lowest BCUT2D eigenvalue weighted by Gasteiger charge is -2.09. The van der Waals surface area contributed by atoms with Crippen molar-refractivity contribution >= 4 is 17.2 Å². The fourth-order valence-corrected chi connectivity index (χ4v) is 2.16. The van der Waals surface area contributed by atoms with E-state index in [0.29, 0.717) is 0 Å². The summed E-state index contributed by atoms with van der Waals surface area (Å²) in [5.41, 5.74) is 0. The van der Waals surface area contributed by atoms with Gasteiger partial charge in [-0.3, -0.25) is 0 Å². The highest BCUT2D eigenvalue weighted by Crippen LogP contribution is 2.19. The molecule has 1 aromatic rings. The van der Waals surface area contributed by atoms with Gasteiger partial charge in [0.05, 0.1) is 10.1 Å². The van der Waals surface area contributed by atoms with Crippen LogP contribution in [-0.4, -0.2) is 31.0 Å². The molecule has 0 aliphatic rings. The third-order valence-corrected chi connectivity index (χ3v) is 4.18. The maximum Gasteiger partial charge on any atom is 0.707 e. The fourth-order valence-electron chi connectivity index (χ4n) is 1.10. The molecule has 0 saturated carbocycles. The predicted octanol–water partition coefficient (Wildman–Crippen LogP) is 0.217. The van der Waals surface area contributed by atoms with Crippen molar-refractivity contribution in [3.63, 3.8) is 0 Å². The van der Waals surface area contributed by atoms with Crippen LogP contribution in [-0.2, 0) is 9.84 Å². The summed E-state index contributed by atoms with van der Waals surface area (Å²) in [5.74, 6) is 0.192. The van der Waals surface area contributed by atoms with Crippen molar-refractivity contribution in [1.82, 2.24) is 0 Å². The van der Waals surface area contributed by atoms with Gasteiger partial charge in [0.2, 0.25) is 0 Å². The Bertz CT molecular complexity index is 437. The van der Waals surface area contributed by atoms with Crippen LogP contribution in [0, 0.1) is 0 Å². The van der Waals surface area contributed by atoms with Crippen molar-refractivity contribution in [1.29, 1.82) is 0 Å². The average Bonchev–Trinajstić information content (AvgIpc) is 2.17. The van der Waals surface area contributed by atoms with E-state index in [1.54, 1.807) is 13.8 Å². The largest absolute Gasteiger partial charge is 0.707 e. The van der Waals surface area contributed by atoms with E-state index in [9.17, 15) is 8.42 Å². The van der Waals surface area contributed by atoms with Crippen LogP contribution in [0.25, 0.3) is 0 Å². The molecule has 1 aromatic carbocycles. The maximum absolute atomic E-state index is 11.7. The van der Waals surface area contributed by atoms with E-state index in [-0.39, 0.29) is 10.6 Å². The Morgan fingerprint density at radius 2 is 1.69 bits per heavy atom. The van der Waals surface area contributed by atoms with Gasteiger partial charge < -0.3 is 14.7 Å². The Kier molecular flexibility index (Phi) is 3.95. The Morgan fingerprint density at radius 1 is 1.19 bits per heavy atom. The molecule has 0 aromatic heterocycles. The van der Waals surface area contributed by atoms with Gasteiger partial charge in [-0.2, -0.15) is 0 Å². The summed E-state index contributed by atoms with van der Waals surface area (Å²) in [5, 5.41) is 16.6. The normalized spacial score (nSPS) is 11.6. The molecule has 0 bridgehead atoms. The summed E-state index contributed by atoms with van der Waals surface area (Å²) in [6.45, 7) is 3.19. The van der Waals surface area contributed by atoms with E-state index >= 15 is 0 Å². The summed E-state index contributed by atoms with van der Waals surface area (Å²) in [6, 6.07) is 5.48. The first-order valence-electron chi connectivity index (χ1n) is 4.71. The zero-order chi connectivity index (χ0) is 12.3. The smallest absolute Gasteiger partial charge is 0.512 e. The number of hydrogen-bond acceptors (Lipinski definition) is 5. The molecule has 0 radical (unpaired) electrons. The van der Waals surface area contributed by atoms with Crippen LogP contribution in [0.2, 0.25) is 0 Å². The average molecular weight is 244 g/mol. The molecule has 16 heavy (non-hydrogen) atoms. The van der Waals surface area contributed by atoms with Gasteiger partial charge in [0.25, 0.3) is 0 Å². The van der Waals surface area contributed by atoms with Gasteiger partial charge in [-0.25, -0.2) is 8.42 Å². The van der Waals surface area contributed by atoms with E-state index in [2.05, 4.69) is 4.65 Å². The zero-order valence-corrected chi connectivity index (χ0v) is 9.81. The van der Waals surface area contributed by atoms with Gasteiger partial charge in [0.15, 0.2) is 9.84 Å². The molecular formula is C9H13BO5S. The maximum atomic E-state index is 11.7. The van der Waals surface area contributed by atoms with Crippen molar-refractivity contribution in [2.75, 3.05) is 0 Å². The third-order valence-electron chi connectivity index (χ3n) is 2.01. The molecule has 2 N–H and O–H groups in total. The molecule has 0 saturated heterocycles. The number of sulfone groups is 1. The van der Waals surface area contributed by atoms with Gasteiger partial charge in [-0.1, -0.05) is 0 Å². The van der Waals surface area contributed by atoms with E-state index in [1.165, 1.54) is 24.3 Å². The first-order chi connectivity index (χ1) is 7.34. The molecule has 5 nitrogen and oxygen atoms in total.